The summed E-state index contributed by atoms with van der Waals surface area (Å²) in [7, 11) is -5.46. The Morgan fingerprint density at radius 3 is 2.29 bits per heavy atom. The van der Waals surface area contributed by atoms with Crippen LogP contribution >= 0.6 is 0 Å². The molecule has 0 spiro atoms. The molecule has 0 unspecified atom stereocenters. The first-order valence-corrected chi connectivity index (χ1v) is 9.68. The Morgan fingerprint density at radius 2 is 1.86 bits per heavy atom. The molecule has 0 atom stereocenters. The van der Waals surface area contributed by atoms with Crippen LogP contribution in [0.3, 0.4) is 0 Å². The number of nitrogens with two attached hydrogens (primary N) is 1. The standard InChI is InChI=1S/C10H19N5O4S2/c1-14-7-12-9(11)10(14)21(18,19)13-8-3-5-15(6-4-8)20(2,16)17/h7-8,13H,3-6,11H2,1-2H3. The highest BCUT2D eigenvalue weighted by molar-refractivity contribution is 7.89. The van der Waals surface area contributed by atoms with Crippen LogP contribution in [0.15, 0.2) is 11.4 Å². The number of aromatic nitrogens is 2. The normalized spacial score (nSPS) is 19.0. The van der Waals surface area contributed by atoms with Gasteiger partial charge < -0.3 is 10.3 Å². The van der Waals surface area contributed by atoms with Crippen LogP contribution in [-0.2, 0) is 27.1 Å². The van der Waals surface area contributed by atoms with Crippen molar-refractivity contribution in [1.82, 2.24) is 18.6 Å². The highest BCUT2D eigenvalue weighted by Crippen LogP contribution is 2.19. The second kappa shape index (κ2) is 5.55. The Hall–Kier alpha value is -1.17. The Kier molecular flexibility index (Phi) is 4.29. The third kappa shape index (κ3) is 3.54. The molecule has 2 heterocycles. The van der Waals surface area contributed by atoms with E-state index in [-0.39, 0.29) is 16.9 Å². The van der Waals surface area contributed by atoms with E-state index in [1.54, 1.807) is 7.05 Å². The molecule has 0 saturated carbocycles. The summed E-state index contributed by atoms with van der Waals surface area (Å²) in [4.78, 5) is 3.75. The zero-order chi connectivity index (χ0) is 15.8. The molecule has 9 nitrogen and oxygen atoms in total. The summed E-state index contributed by atoms with van der Waals surface area (Å²) in [6.45, 7) is 0.597. The highest BCUT2D eigenvalue weighted by atomic mass is 32.2. The molecule has 1 aromatic heterocycles. The van der Waals surface area contributed by atoms with Crippen molar-refractivity contribution >= 4 is 25.9 Å². The first kappa shape index (κ1) is 16.2. The number of piperidine rings is 1. The van der Waals surface area contributed by atoms with Crippen LogP contribution in [0.5, 0.6) is 0 Å². The van der Waals surface area contributed by atoms with Gasteiger partial charge in [-0.25, -0.2) is 30.8 Å². The molecule has 3 N–H and O–H groups in total. The van der Waals surface area contributed by atoms with E-state index in [2.05, 4.69) is 9.71 Å². The largest absolute Gasteiger partial charge is 0.381 e. The molecule has 0 aromatic carbocycles. The fourth-order valence-electron chi connectivity index (χ4n) is 2.34. The van der Waals surface area contributed by atoms with Crippen LogP contribution in [0.2, 0.25) is 0 Å². The minimum absolute atomic E-state index is 0.0569. The second-order valence-electron chi connectivity index (χ2n) is 5.10. The van der Waals surface area contributed by atoms with Gasteiger partial charge in [0, 0.05) is 26.2 Å². The number of anilines is 1. The van der Waals surface area contributed by atoms with Gasteiger partial charge in [0.25, 0.3) is 10.0 Å². The van der Waals surface area contributed by atoms with E-state index in [1.165, 1.54) is 15.2 Å². The Bertz CT molecular complexity index is 697. The van der Waals surface area contributed by atoms with Crippen molar-refractivity contribution in [2.75, 3.05) is 25.1 Å². The van der Waals surface area contributed by atoms with Crippen molar-refractivity contribution in [2.24, 2.45) is 7.05 Å². The van der Waals surface area contributed by atoms with Gasteiger partial charge in [0.15, 0.2) is 10.8 Å². The summed E-state index contributed by atoms with van der Waals surface area (Å²) >= 11 is 0. The van der Waals surface area contributed by atoms with E-state index in [0.717, 1.165) is 6.26 Å². The summed E-state index contributed by atoms with van der Waals surface area (Å²) < 4.78 is 52.7. The zero-order valence-corrected chi connectivity index (χ0v) is 13.5. The van der Waals surface area contributed by atoms with Crippen molar-refractivity contribution in [1.29, 1.82) is 0 Å². The van der Waals surface area contributed by atoms with E-state index in [0.29, 0.717) is 25.9 Å². The van der Waals surface area contributed by atoms with E-state index in [9.17, 15) is 16.8 Å². The number of nitrogen functional groups attached to an aromatic ring is 1. The molecule has 0 aliphatic carbocycles. The first-order valence-electron chi connectivity index (χ1n) is 6.35. The molecule has 2 rings (SSSR count). The smallest absolute Gasteiger partial charge is 0.260 e. The number of aryl methyl sites for hydroxylation is 1. The molecule has 1 fully saturated rings. The van der Waals surface area contributed by atoms with Gasteiger partial charge in [0.05, 0.1) is 12.6 Å². The van der Waals surface area contributed by atoms with Crippen LogP contribution in [-0.4, -0.2) is 56.1 Å². The number of hydrogen-bond acceptors (Lipinski definition) is 6. The lowest BCUT2D eigenvalue weighted by Crippen LogP contribution is -2.46. The maximum Gasteiger partial charge on any atom is 0.260 e. The molecule has 11 heteroatoms. The number of hydrogen-bond donors (Lipinski definition) is 2. The van der Waals surface area contributed by atoms with E-state index < -0.39 is 20.0 Å². The molecule has 21 heavy (non-hydrogen) atoms. The fourth-order valence-corrected chi connectivity index (χ4v) is 4.76. The van der Waals surface area contributed by atoms with Gasteiger partial charge in [-0.1, -0.05) is 0 Å². The number of nitrogens with one attached hydrogen (secondary N) is 1. The van der Waals surface area contributed by atoms with Crippen LogP contribution in [0.25, 0.3) is 0 Å². The summed E-state index contributed by atoms with van der Waals surface area (Å²) in [5, 5.41) is -0.0759. The van der Waals surface area contributed by atoms with Crippen LogP contribution < -0.4 is 10.5 Å². The minimum Gasteiger partial charge on any atom is -0.381 e. The van der Waals surface area contributed by atoms with Gasteiger partial charge >= 0.3 is 0 Å². The van der Waals surface area contributed by atoms with Crippen molar-refractivity contribution in [3.05, 3.63) is 6.33 Å². The quantitative estimate of drug-likeness (QED) is 0.703. The van der Waals surface area contributed by atoms with Crippen molar-refractivity contribution in [2.45, 2.75) is 23.9 Å². The third-order valence-electron chi connectivity index (χ3n) is 3.41. The molecule has 0 bridgehead atoms. The molecule has 1 saturated heterocycles. The first-order chi connectivity index (χ1) is 9.61. The monoisotopic (exact) mass is 337 g/mol. The third-order valence-corrected chi connectivity index (χ3v) is 6.36. The van der Waals surface area contributed by atoms with Crippen LogP contribution in [0.1, 0.15) is 12.8 Å². The van der Waals surface area contributed by atoms with Gasteiger partial charge in [-0.15, -0.1) is 0 Å². The fraction of sp³-hybridized carbons (Fsp3) is 0.700. The SMILES string of the molecule is Cn1cnc(N)c1S(=O)(=O)NC1CCN(S(C)(=O)=O)CC1. The van der Waals surface area contributed by atoms with Gasteiger partial charge in [0.1, 0.15) is 0 Å². The number of imidazole rings is 1. The van der Waals surface area contributed by atoms with Gasteiger partial charge in [-0.2, -0.15) is 0 Å². The highest BCUT2D eigenvalue weighted by Gasteiger charge is 2.30. The predicted octanol–water partition coefficient (Wildman–Crippen LogP) is -1.30. The molecule has 1 aliphatic heterocycles. The Labute approximate surface area is 124 Å². The Morgan fingerprint density at radius 1 is 1.29 bits per heavy atom. The zero-order valence-electron chi connectivity index (χ0n) is 11.9. The minimum atomic E-state index is -3.77. The van der Waals surface area contributed by atoms with Gasteiger partial charge in [-0.05, 0) is 12.8 Å². The van der Waals surface area contributed by atoms with E-state index in [4.69, 9.17) is 5.73 Å². The Balaban J connectivity index is 2.07. The van der Waals surface area contributed by atoms with Gasteiger partial charge in [0.2, 0.25) is 10.0 Å². The van der Waals surface area contributed by atoms with Crippen molar-refractivity contribution in [3.63, 3.8) is 0 Å². The molecule has 0 radical (unpaired) electrons. The average Bonchev–Trinajstić information content (AvgIpc) is 2.68. The molecule has 120 valence electrons. The lowest BCUT2D eigenvalue weighted by atomic mass is 10.1. The molecular weight excluding hydrogens is 318 g/mol. The summed E-state index contributed by atoms with van der Waals surface area (Å²) in [5.41, 5.74) is 5.57. The van der Waals surface area contributed by atoms with Crippen molar-refractivity contribution in [3.8, 4) is 0 Å². The number of rotatable bonds is 4. The number of nitrogens with zero attached hydrogens (tertiary/aromatic N) is 3. The maximum absolute atomic E-state index is 12.3. The van der Waals surface area contributed by atoms with Gasteiger partial charge in [-0.3, -0.25) is 0 Å². The molecule has 1 aromatic rings. The number of sulfonamides is 2. The molecule has 1 aliphatic rings. The lowest BCUT2D eigenvalue weighted by molar-refractivity contribution is 0.310. The molecular formula is C10H19N5O4S2. The second-order valence-corrected chi connectivity index (χ2v) is 8.72. The topological polar surface area (TPSA) is 127 Å². The van der Waals surface area contributed by atoms with E-state index >= 15 is 0 Å². The predicted molar refractivity (Wildman–Crippen MR) is 77.4 cm³/mol. The van der Waals surface area contributed by atoms with Crippen LogP contribution in [0.4, 0.5) is 5.82 Å². The summed E-state index contributed by atoms with van der Waals surface area (Å²) in [5.74, 6) is -0.0569. The van der Waals surface area contributed by atoms with E-state index in [1.807, 2.05) is 0 Å². The summed E-state index contributed by atoms with van der Waals surface area (Å²) in [6, 6.07) is -0.317. The van der Waals surface area contributed by atoms with Crippen molar-refractivity contribution < 1.29 is 16.8 Å². The van der Waals surface area contributed by atoms with Crippen LogP contribution in [0, 0.1) is 0 Å². The summed E-state index contributed by atoms with van der Waals surface area (Å²) in [6.07, 6.45) is 3.32. The maximum atomic E-state index is 12.3. The molecule has 0 amide bonds. The lowest BCUT2D eigenvalue weighted by Gasteiger charge is -2.30. The average molecular weight is 337 g/mol.